The molecule has 1 aliphatic rings. The maximum Gasteiger partial charge on any atom is 0.146 e. The van der Waals surface area contributed by atoms with Crippen LogP contribution in [-0.4, -0.2) is 11.5 Å². The molecule has 3 rings (SSSR count). The molecule has 0 fully saturated rings. The summed E-state index contributed by atoms with van der Waals surface area (Å²) in [5, 5.41) is 11.3. The number of hydrogen-bond donors (Lipinski definition) is 0. The summed E-state index contributed by atoms with van der Waals surface area (Å²) in [4.78, 5) is 8.08. The molecule has 3 nitrogen and oxygen atoms in total. The molecule has 90 valence electrons. The highest BCUT2D eigenvalue weighted by atomic mass is 32.1. The van der Waals surface area contributed by atoms with Gasteiger partial charge in [0.2, 0.25) is 0 Å². The van der Waals surface area contributed by atoms with Crippen molar-refractivity contribution >= 4 is 17.2 Å². The zero-order valence-electron chi connectivity index (χ0n) is 10.1. The third-order valence-electron chi connectivity index (χ3n) is 3.46. The highest BCUT2D eigenvalue weighted by Crippen LogP contribution is 2.36. The topological polar surface area (TPSA) is 39.9 Å². The van der Waals surface area contributed by atoms with Gasteiger partial charge < -0.3 is 4.90 Å². The molecule has 0 amide bonds. The quantitative estimate of drug-likeness (QED) is 0.786. The van der Waals surface area contributed by atoms with Crippen LogP contribution in [0, 0.1) is 11.3 Å². The van der Waals surface area contributed by atoms with E-state index in [4.69, 9.17) is 0 Å². The monoisotopic (exact) mass is 255 g/mol. The summed E-state index contributed by atoms with van der Waals surface area (Å²) < 4.78 is 0. The minimum absolute atomic E-state index is 0.294. The number of pyridine rings is 1. The van der Waals surface area contributed by atoms with Crippen LogP contribution in [0.25, 0.3) is 0 Å². The van der Waals surface area contributed by atoms with Gasteiger partial charge in [0.15, 0.2) is 0 Å². The zero-order chi connectivity index (χ0) is 12.5. The molecular formula is C14H13N3S. The molecule has 3 heterocycles. The van der Waals surface area contributed by atoms with E-state index < -0.39 is 0 Å². The first kappa shape index (κ1) is 11.2. The van der Waals surface area contributed by atoms with E-state index in [1.165, 1.54) is 10.4 Å². The molecule has 4 heteroatoms. The lowest BCUT2D eigenvalue weighted by Gasteiger charge is -2.35. The van der Waals surface area contributed by atoms with Gasteiger partial charge in [0.05, 0.1) is 11.6 Å². The third kappa shape index (κ3) is 1.68. The second kappa shape index (κ2) is 4.43. The number of aromatic nitrogens is 1. The van der Waals surface area contributed by atoms with Crippen molar-refractivity contribution in [2.75, 3.05) is 11.4 Å². The van der Waals surface area contributed by atoms with Gasteiger partial charge in [-0.1, -0.05) is 0 Å². The number of hydrogen-bond acceptors (Lipinski definition) is 4. The fourth-order valence-electron chi connectivity index (χ4n) is 2.51. The first-order chi connectivity index (χ1) is 8.81. The van der Waals surface area contributed by atoms with Crippen LogP contribution in [-0.2, 0) is 6.42 Å². The van der Waals surface area contributed by atoms with Crippen molar-refractivity contribution in [3.63, 3.8) is 0 Å². The lowest BCUT2D eigenvalue weighted by Crippen LogP contribution is -2.34. The predicted molar refractivity (Wildman–Crippen MR) is 72.7 cm³/mol. The van der Waals surface area contributed by atoms with Gasteiger partial charge in [-0.25, -0.2) is 4.98 Å². The summed E-state index contributed by atoms with van der Waals surface area (Å²) in [6.45, 7) is 3.11. The number of rotatable bonds is 1. The fraction of sp³-hybridized carbons (Fsp3) is 0.286. The molecule has 0 saturated heterocycles. The minimum Gasteiger partial charge on any atom is -0.348 e. The largest absolute Gasteiger partial charge is 0.348 e. The lowest BCUT2D eigenvalue weighted by atomic mass is 10.0. The second-order valence-corrected chi connectivity index (χ2v) is 5.41. The van der Waals surface area contributed by atoms with Crippen LogP contribution in [0.4, 0.5) is 5.82 Å². The van der Waals surface area contributed by atoms with E-state index in [0.29, 0.717) is 11.6 Å². The lowest BCUT2D eigenvalue weighted by molar-refractivity contribution is 0.624. The molecule has 0 aliphatic carbocycles. The molecule has 0 N–H and O–H groups in total. The first-order valence-electron chi connectivity index (χ1n) is 5.99. The van der Waals surface area contributed by atoms with Gasteiger partial charge in [-0.2, -0.15) is 5.26 Å². The molecule has 1 aliphatic heterocycles. The maximum absolute atomic E-state index is 9.18. The Labute approximate surface area is 110 Å². The molecule has 0 spiro atoms. The molecule has 0 aromatic carbocycles. The van der Waals surface area contributed by atoms with Gasteiger partial charge in [0.25, 0.3) is 0 Å². The van der Waals surface area contributed by atoms with E-state index in [-0.39, 0.29) is 0 Å². The van der Waals surface area contributed by atoms with Crippen LogP contribution in [0.5, 0.6) is 0 Å². The molecule has 18 heavy (non-hydrogen) atoms. The van der Waals surface area contributed by atoms with Crippen molar-refractivity contribution in [3.8, 4) is 6.07 Å². The number of nitrogens with zero attached hydrogens (tertiary/aromatic N) is 3. The predicted octanol–water partition coefficient (Wildman–Crippen LogP) is 3.14. The molecule has 0 radical (unpaired) electrons. The normalized spacial score (nSPS) is 18.2. The average molecular weight is 255 g/mol. The van der Waals surface area contributed by atoms with Crippen molar-refractivity contribution in [2.24, 2.45) is 0 Å². The van der Waals surface area contributed by atoms with Crippen molar-refractivity contribution in [1.82, 2.24) is 4.98 Å². The summed E-state index contributed by atoms with van der Waals surface area (Å²) >= 11 is 1.82. The average Bonchev–Trinajstić information content (AvgIpc) is 2.88. The van der Waals surface area contributed by atoms with Crippen molar-refractivity contribution in [1.29, 1.82) is 5.26 Å². The first-order valence-corrected chi connectivity index (χ1v) is 6.87. The van der Waals surface area contributed by atoms with Gasteiger partial charge in [-0.05, 0) is 42.5 Å². The fourth-order valence-corrected chi connectivity index (χ4v) is 3.47. The molecule has 1 atom stereocenters. The SMILES string of the molecule is C[C@H]1c2ccsc2CCN1c1ncccc1C#N. The molecule has 0 saturated carbocycles. The number of anilines is 1. The van der Waals surface area contributed by atoms with Crippen LogP contribution in [0.2, 0.25) is 0 Å². The van der Waals surface area contributed by atoms with Crippen LogP contribution >= 0.6 is 11.3 Å². The van der Waals surface area contributed by atoms with Crippen LogP contribution in [0.3, 0.4) is 0 Å². The molecule has 0 unspecified atom stereocenters. The Balaban J connectivity index is 2.02. The Kier molecular flexibility index (Phi) is 2.77. The summed E-state index contributed by atoms with van der Waals surface area (Å²) in [6, 6.07) is 8.35. The van der Waals surface area contributed by atoms with E-state index in [1.807, 2.05) is 23.5 Å². The van der Waals surface area contributed by atoms with Crippen LogP contribution < -0.4 is 4.90 Å². The number of fused-ring (bicyclic) bond motifs is 1. The smallest absolute Gasteiger partial charge is 0.146 e. The summed E-state index contributed by atoms with van der Waals surface area (Å²) in [7, 11) is 0. The summed E-state index contributed by atoms with van der Waals surface area (Å²) in [5.41, 5.74) is 2.03. The van der Waals surface area contributed by atoms with Crippen molar-refractivity contribution < 1.29 is 0 Å². The van der Waals surface area contributed by atoms with E-state index in [9.17, 15) is 5.26 Å². The number of nitriles is 1. The minimum atomic E-state index is 0.294. The van der Waals surface area contributed by atoms with Gasteiger partial charge in [0.1, 0.15) is 11.9 Å². The summed E-state index contributed by atoms with van der Waals surface area (Å²) in [6.07, 6.45) is 2.80. The van der Waals surface area contributed by atoms with Crippen LogP contribution in [0.1, 0.15) is 29.0 Å². The highest BCUT2D eigenvalue weighted by Gasteiger charge is 2.26. The maximum atomic E-state index is 9.18. The standard InChI is InChI=1S/C14H13N3S/c1-10-12-5-8-18-13(12)4-7-17(10)14-11(9-15)3-2-6-16-14/h2-3,5-6,8,10H,4,7H2,1H3/t10-/m0/s1. The third-order valence-corrected chi connectivity index (χ3v) is 4.45. The van der Waals surface area contributed by atoms with Crippen LogP contribution in [0.15, 0.2) is 29.8 Å². The molecule has 2 aromatic rings. The molecule has 2 aromatic heterocycles. The van der Waals surface area contributed by atoms with E-state index in [1.54, 1.807) is 6.20 Å². The molecule has 0 bridgehead atoms. The second-order valence-electron chi connectivity index (χ2n) is 4.40. The zero-order valence-corrected chi connectivity index (χ0v) is 10.9. The van der Waals surface area contributed by atoms with E-state index in [0.717, 1.165) is 18.8 Å². The Morgan fingerprint density at radius 2 is 2.39 bits per heavy atom. The summed E-state index contributed by atoms with van der Waals surface area (Å²) in [5.74, 6) is 0.810. The Hall–Kier alpha value is -1.86. The van der Waals surface area contributed by atoms with Gasteiger partial charge in [0, 0.05) is 17.6 Å². The Morgan fingerprint density at radius 3 is 3.22 bits per heavy atom. The molecular weight excluding hydrogens is 242 g/mol. The highest BCUT2D eigenvalue weighted by molar-refractivity contribution is 7.10. The van der Waals surface area contributed by atoms with Crippen molar-refractivity contribution in [3.05, 3.63) is 45.8 Å². The Bertz CT molecular complexity index is 611. The van der Waals surface area contributed by atoms with E-state index >= 15 is 0 Å². The van der Waals surface area contributed by atoms with E-state index in [2.05, 4.69) is 34.3 Å². The van der Waals surface area contributed by atoms with Gasteiger partial charge >= 0.3 is 0 Å². The van der Waals surface area contributed by atoms with Crippen molar-refractivity contribution in [2.45, 2.75) is 19.4 Å². The number of thiophene rings is 1. The Morgan fingerprint density at radius 1 is 1.50 bits per heavy atom. The van der Waals surface area contributed by atoms with Gasteiger partial charge in [-0.3, -0.25) is 0 Å². The van der Waals surface area contributed by atoms with Gasteiger partial charge in [-0.15, -0.1) is 11.3 Å².